The Labute approximate surface area is 468 Å². The van der Waals surface area contributed by atoms with Crippen LogP contribution in [0.4, 0.5) is 9.59 Å². The van der Waals surface area contributed by atoms with E-state index < -0.39 is 166 Å². The molecule has 448 valence electrons. The molecule has 2 fully saturated rings. The highest BCUT2D eigenvalue weighted by molar-refractivity contribution is 5.75. The number of esters is 2. The molecule has 3 rings (SSSR count). The molecule has 0 aliphatic carbocycles. The Kier molecular flexibility index (Phi) is 30.9. The van der Waals surface area contributed by atoms with Gasteiger partial charge in [0.05, 0.1) is 67.4 Å². The van der Waals surface area contributed by atoms with E-state index in [1.165, 1.54) is 31.2 Å². The first kappa shape index (κ1) is 68.7. The first-order valence-electron chi connectivity index (χ1n) is 26.8. The molecule has 1 amide bonds. The van der Waals surface area contributed by atoms with Crippen molar-refractivity contribution in [2.45, 2.75) is 177 Å². The molecule has 80 heavy (non-hydrogen) atoms. The number of fused-ring (bicyclic) bond motifs is 2. The molecule has 10 N–H and O–H groups in total. The fourth-order valence-electron chi connectivity index (χ4n) is 9.02. The van der Waals surface area contributed by atoms with Gasteiger partial charge in [0.1, 0.15) is 50.2 Å². The number of nitrogens with one attached hydrogen (secondary N) is 1. The maximum Gasteiger partial charge on any atom is 0.508 e. The molecular weight excluding hydrogens is 1050 g/mol. The van der Waals surface area contributed by atoms with Crippen LogP contribution in [0.15, 0.2) is 123 Å². The number of carbonyl (C=O) groups is 4. The third kappa shape index (κ3) is 24.2. The Morgan fingerprint density at radius 1 is 0.662 bits per heavy atom. The number of hydrogen-bond acceptors (Lipinski definition) is 21. The Bertz CT molecular complexity index is 2160. The van der Waals surface area contributed by atoms with E-state index in [9.17, 15) is 65.1 Å². The van der Waals surface area contributed by atoms with Crippen molar-refractivity contribution in [2.75, 3.05) is 19.8 Å². The molecule has 3 heterocycles. The fourth-order valence-corrected chi connectivity index (χ4v) is 9.02. The summed E-state index contributed by atoms with van der Waals surface area (Å²) in [6, 6.07) is -1.39. The lowest BCUT2D eigenvalue weighted by Crippen LogP contribution is -2.64. The van der Waals surface area contributed by atoms with Crippen molar-refractivity contribution < 1.29 is 103 Å². The molecule has 0 spiro atoms. The highest BCUT2D eigenvalue weighted by Gasteiger charge is 2.54. The van der Waals surface area contributed by atoms with Crippen molar-refractivity contribution in [3.05, 3.63) is 123 Å². The van der Waals surface area contributed by atoms with Crippen molar-refractivity contribution in [1.29, 1.82) is 0 Å². The molecule has 2 saturated heterocycles. The standard InChI is InChI=1S/C58H85NO21/c1-8-27-73-54(69)49-46-33-43(78-55-53(68)50(52(67)39(7)77-55)59-56(70)74-28-9-2)24-22-20-18-16-14-12-11-13-15-17-19-21-23-36(4)51(66)37(5)38(6)76-48(65)32-41(61)30-40(60)25-26-44(63)45(64)31-42(62)34-58(72,80-46)35-47(49)79-57(71)75-29-10-3/h8-24,36-47,49-53,55,60-64,66-68,72H,1-3,25-35H2,4-7H3,(H,59,70)/b12-11+,15-13+,16-14+,19-17+,20-18+,23-21+,24-22+/t36-,37-,38-,39+,40+,41+,42-,43-,44+,45+,46-,47-,49-,50-,51+,52+,53-,55-,58+/m0/s1. The summed E-state index contributed by atoms with van der Waals surface area (Å²) in [5.41, 5.74) is 0. The molecule has 3 aliphatic heterocycles. The number of aliphatic hydroxyl groups excluding tert-OH is 8. The van der Waals surface area contributed by atoms with Crippen LogP contribution >= 0.6 is 0 Å². The highest BCUT2D eigenvalue weighted by Crippen LogP contribution is 2.40. The van der Waals surface area contributed by atoms with E-state index in [4.69, 9.17) is 37.9 Å². The predicted molar refractivity (Wildman–Crippen MR) is 291 cm³/mol. The minimum absolute atomic E-state index is 0.154. The van der Waals surface area contributed by atoms with Crippen LogP contribution in [0.3, 0.4) is 0 Å². The van der Waals surface area contributed by atoms with Gasteiger partial charge in [0.2, 0.25) is 0 Å². The number of rotatable bonds is 11. The number of carbonyl (C=O) groups excluding carboxylic acids is 4. The average Bonchev–Trinajstić information content (AvgIpc) is 3.39. The van der Waals surface area contributed by atoms with E-state index in [2.05, 4.69) is 25.1 Å². The molecule has 19 atom stereocenters. The van der Waals surface area contributed by atoms with E-state index in [0.29, 0.717) is 0 Å². The molecule has 0 aromatic carbocycles. The first-order chi connectivity index (χ1) is 38.0. The fraction of sp³-hybridized carbons (Fsp3) is 0.586. The Hall–Kier alpha value is -5.60. The second-order valence-corrected chi connectivity index (χ2v) is 20.1. The van der Waals surface area contributed by atoms with Gasteiger partial charge in [0.15, 0.2) is 12.1 Å². The van der Waals surface area contributed by atoms with Crippen LogP contribution < -0.4 is 5.32 Å². The SMILES string of the molecule is C=CCOC(=O)N[C@@H]1[C@H](O)[C@H](O[C@H]2/C=C/C=C/C=C/C=C/C=C/C=C/C=C/[C@H](C)[C@@H](O)[C@@H](C)[C@H](C)OC(=O)C[C@H](O)C[C@H](O)CC[C@@H](O)[C@H](O)C[C@H](O)C[C@]3(O)C[C@H](OC(=O)OCC=C)[C@@H](C(=O)OCC=C)[C@H](C2)O3)O[C@H](C)[C@H]1O. The average molecular weight is 1130 g/mol. The summed E-state index contributed by atoms with van der Waals surface area (Å²) in [4.78, 5) is 52.5. The summed E-state index contributed by atoms with van der Waals surface area (Å²) in [6.07, 6.45) is 2.84. The van der Waals surface area contributed by atoms with Crippen LogP contribution in [0.1, 0.15) is 79.1 Å². The number of amides is 1. The molecular formula is C58H85NO21. The Morgan fingerprint density at radius 3 is 1.85 bits per heavy atom. The largest absolute Gasteiger partial charge is 0.508 e. The van der Waals surface area contributed by atoms with Crippen molar-refractivity contribution >= 4 is 24.2 Å². The van der Waals surface area contributed by atoms with Crippen LogP contribution in [-0.2, 0) is 47.5 Å². The molecule has 0 aromatic heterocycles. The van der Waals surface area contributed by atoms with Gasteiger partial charge in [0.25, 0.3) is 0 Å². The summed E-state index contributed by atoms with van der Waals surface area (Å²) >= 11 is 0. The van der Waals surface area contributed by atoms with Crippen LogP contribution in [0.25, 0.3) is 0 Å². The summed E-state index contributed by atoms with van der Waals surface area (Å²) in [5.74, 6) is -6.56. The minimum atomic E-state index is -2.47. The third-order valence-corrected chi connectivity index (χ3v) is 13.5. The molecule has 22 heteroatoms. The predicted octanol–water partition coefficient (Wildman–Crippen LogP) is 3.66. The number of aliphatic hydroxyl groups is 9. The maximum absolute atomic E-state index is 14.0. The Morgan fingerprint density at radius 2 is 1.24 bits per heavy atom. The van der Waals surface area contributed by atoms with E-state index >= 15 is 0 Å². The zero-order chi connectivity index (χ0) is 59.4. The van der Waals surface area contributed by atoms with Crippen molar-refractivity contribution in [3.8, 4) is 0 Å². The topological polar surface area (TPSA) is 336 Å². The summed E-state index contributed by atoms with van der Waals surface area (Å²) in [7, 11) is 0. The van der Waals surface area contributed by atoms with Gasteiger partial charge in [-0.3, -0.25) is 9.59 Å². The number of ether oxygens (including phenoxy) is 8. The third-order valence-electron chi connectivity index (χ3n) is 13.5. The summed E-state index contributed by atoms with van der Waals surface area (Å²) in [6.45, 7) is 16.5. The lowest BCUT2D eigenvalue weighted by molar-refractivity contribution is -0.309. The summed E-state index contributed by atoms with van der Waals surface area (Å²) < 4.78 is 45.2. The van der Waals surface area contributed by atoms with Crippen LogP contribution in [0.5, 0.6) is 0 Å². The number of cyclic esters (lactones) is 1. The van der Waals surface area contributed by atoms with E-state index in [1.54, 1.807) is 86.8 Å². The van der Waals surface area contributed by atoms with Crippen LogP contribution in [0.2, 0.25) is 0 Å². The Balaban J connectivity index is 2.08. The van der Waals surface area contributed by atoms with Crippen LogP contribution in [0, 0.1) is 17.8 Å². The van der Waals surface area contributed by atoms with Gasteiger partial charge in [-0.2, -0.15) is 0 Å². The van der Waals surface area contributed by atoms with Gasteiger partial charge in [-0.1, -0.05) is 137 Å². The minimum Gasteiger partial charge on any atom is -0.462 e. The molecule has 2 bridgehead atoms. The zero-order valence-electron chi connectivity index (χ0n) is 46.0. The molecule has 3 aliphatic rings. The second kappa shape index (κ2) is 36.0. The molecule has 0 aromatic rings. The van der Waals surface area contributed by atoms with Gasteiger partial charge < -0.3 is 89.2 Å². The monoisotopic (exact) mass is 1130 g/mol. The van der Waals surface area contributed by atoms with E-state index in [1.807, 2.05) is 13.0 Å². The molecule has 0 saturated carbocycles. The van der Waals surface area contributed by atoms with Gasteiger partial charge in [-0.25, -0.2) is 9.59 Å². The van der Waals surface area contributed by atoms with Gasteiger partial charge in [-0.05, 0) is 33.1 Å². The van der Waals surface area contributed by atoms with E-state index in [0.717, 1.165) is 0 Å². The highest BCUT2D eigenvalue weighted by atomic mass is 16.7. The van der Waals surface area contributed by atoms with Crippen LogP contribution in [-0.4, -0.2) is 187 Å². The van der Waals surface area contributed by atoms with Crippen molar-refractivity contribution in [2.24, 2.45) is 17.8 Å². The van der Waals surface area contributed by atoms with E-state index in [-0.39, 0.29) is 45.0 Å². The number of allylic oxidation sites excluding steroid dienone is 12. The van der Waals surface area contributed by atoms with Gasteiger partial charge >= 0.3 is 24.2 Å². The number of hydrogen-bond donors (Lipinski definition) is 10. The second-order valence-electron chi connectivity index (χ2n) is 20.1. The molecule has 0 unspecified atom stereocenters. The first-order valence-corrected chi connectivity index (χ1v) is 26.8. The van der Waals surface area contributed by atoms with Crippen molar-refractivity contribution in [3.63, 3.8) is 0 Å². The zero-order valence-corrected chi connectivity index (χ0v) is 46.0. The van der Waals surface area contributed by atoms with Gasteiger partial charge in [-0.15, -0.1) is 0 Å². The number of alkyl carbamates (subject to hydrolysis) is 1. The molecule has 0 radical (unpaired) electrons. The lowest BCUT2D eigenvalue weighted by Gasteiger charge is -2.46. The van der Waals surface area contributed by atoms with Crippen molar-refractivity contribution in [1.82, 2.24) is 5.32 Å². The maximum atomic E-state index is 14.0. The quantitative estimate of drug-likeness (QED) is 0.0802. The lowest BCUT2D eigenvalue weighted by atomic mass is 9.82. The smallest absolute Gasteiger partial charge is 0.462 e. The summed E-state index contributed by atoms with van der Waals surface area (Å²) in [5, 5.41) is 103. The molecule has 22 nitrogen and oxygen atoms in total. The van der Waals surface area contributed by atoms with Gasteiger partial charge in [0, 0.05) is 37.5 Å². The normalized spacial score (nSPS) is 38.7.